The van der Waals surface area contributed by atoms with E-state index >= 15 is 0 Å². The van der Waals surface area contributed by atoms with Crippen molar-refractivity contribution in [1.82, 2.24) is 18.9 Å². The van der Waals surface area contributed by atoms with E-state index in [9.17, 15) is 18.8 Å². The quantitative estimate of drug-likeness (QED) is 0.448. The lowest BCUT2D eigenvalue weighted by atomic mass is 10.1. The van der Waals surface area contributed by atoms with Gasteiger partial charge in [-0.05, 0) is 62.7 Å². The second-order valence-corrected chi connectivity index (χ2v) is 8.49. The van der Waals surface area contributed by atoms with Gasteiger partial charge in [-0.2, -0.15) is 10.4 Å². The third-order valence-corrected chi connectivity index (χ3v) is 5.88. The highest BCUT2D eigenvalue weighted by atomic mass is 19.1. The average molecular weight is 487 g/mol. The number of hydrogen-bond donors (Lipinski definition) is 1. The van der Waals surface area contributed by atoms with Gasteiger partial charge in [0.1, 0.15) is 6.67 Å². The van der Waals surface area contributed by atoms with Crippen LogP contribution in [0.2, 0.25) is 0 Å². The zero-order chi connectivity index (χ0) is 26.1. The molecule has 0 unspecified atom stereocenters. The summed E-state index contributed by atoms with van der Waals surface area (Å²) < 4.78 is 17.2. The van der Waals surface area contributed by atoms with Gasteiger partial charge in [0.2, 0.25) is 0 Å². The molecule has 0 radical (unpaired) electrons. The predicted molar refractivity (Wildman–Crippen MR) is 132 cm³/mol. The first-order valence-electron chi connectivity index (χ1n) is 11.1. The molecule has 182 valence electrons. The minimum absolute atomic E-state index is 0.0161. The zero-order valence-electron chi connectivity index (χ0n) is 19.9. The van der Waals surface area contributed by atoms with Crippen molar-refractivity contribution >= 4 is 5.91 Å². The Morgan fingerprint density at radius 1 is 1.14 bits per heavy atom. The lowest BCUT2D eigenvalue weighted by Crippen LogP contribution is -2.42. The van der Waals surface area contributed by atoms with E-state index in [0.717, 1.165) is 4.57 Å². The summed E-state index contributed by atoms with van der Waals surface area (Å²) in [6, 6.07) is 14.3. The number of carbonyl (C=O) groups is 1. The fourth-order valence-electron chi connectivity index (χ4n) is 4.18. The summed E-state index contributed by atoms with van der Waals surface area (Å²) in [5.41, 5.74) is 6.43. The smallest absolute Gasteiger partial charge is 0.336 e. The molecular formula is C26H23FN6O3. The number of aromatic nitrogens is 4. The van der Waals surface area contributed by atoms with E-state index in [4.69, 9.17) is 11.0 Å². The number of primary amides is 1. The van der Waals surface area contributed by atoms with E-state index in [1.54, 1.807) is 63.2 Å². The van der Waals surface area contributed by atoms with Crippen LogP contribution in [-0.2, 0) is 6.67 Å². The van der Waals surface area contributed by atoms with E-state index < -0.39 is 29.9 Å². The lowest BCUT2D eigenvalue weighted by molar-refractivity contribution is 0.100. The normalized spacial score (nSPS) is 11.0. The molecule has 4 rings (SSSR count). The molecule has 10 heteroatoms. The van der Waals surface area contributed by atoms with Crippen LogP contribution >= 0.6 is 0 Å². The van der Waals surface area contributed by atoms with Crippen LogP contribution in [0, 0.1) is 18.3 Å². The molecule has 2 aromatic carbocycles. The Hall–Kier alpha value is -4.78. The molecule has 0 saturated carbocycles. The average Bonchev–Trinajstić information content (AvgIpc) is 3.29. The fourth-order valence-corrected chi connectivity index (χ4v) is 4.18. The number of nitrogens with zero attached hydrogens (tertiary/aromatic N) is 5. The van der Waals surface area contributed by atoms with E-state index in [1.807, 2.05) is 6.07 Å². The number of carbonyl (C=O) groups excluding carboxylic acids is 1. The number of hydrogen-bond acceptors (Lipinski definition) is 5. The number of alkyl halides is 1. The highest BCUT2D eigenvalue weighted by molar-refractivity contribution is 5.99. The monoisotopic (exact) mass is 486 g/mol. The summed E-state index contributed by atoms with van der Waals surface area (Å²) in [6.07, 6.45) is 1.26. The third kappa shape index (κ3) is 4.01. The molecule has 2 aromatic heterocycles. The number of nitrogens with two attached hydrogens (primary N) is 1. The van der Waals surface area contributed by atoms with Crippen molar-refractivity contribution in [3.63, 3.8) is 0 Å². The summed E-state index contributed by atoms with van der Waals surface area (Å²) >= 11 is 0. The molecule has 0 aliphatic carbocycles. The van der Waals surface area contributed by atoms with Gasteiger partial charge >= 0.3 is 5.69 Å². The second kappa shape index (κ2) is 9.46. The Bertz CT molecular complexity index is 1640. The van der Waals surface area contributed by atoms with Crippen LogP contribution in [0.25, 0.3) is 22.6 Å². The van der Waals surface area contributed by atoms with Gasteiger partial charge in [0.15, 0.2) is 0 Å². The van der Waals surface area contributed by atoms with Crippen molar-refractivity contribution in [1.29, 1.82) is 5.26 Å². The maximum atomic E-state index is 13.8. The van der Waals surface area contributed by atoms with Crippen LogP contribution in [0.3, 0.4) is 0 Å². The molecule has 0 spiro atoms. The van der Waals surface area contributed by atoms with Crippen molar-refractivity contribution in [3.8, 4) is 28.7 Å². The fraction of sp³-hybridized carbons (Fsp3) is 0.192. The molecule has 9 nitrogen and oxygen atoms in total. The molecule has 0 fully saturated rings. The summed E-state index contributed by atoms with van der Waals surface area (Å²) in [5.74, 6) is -0.808. The number of halogens is 1. The van der Waals surface area contributed by atoms with Crippen molar-refractivity contribution in [2.75, 3.05) is 0 Å². The molecule has 0 bridgehead atoms. The molecule has 1 amide bonds. The highest BCUT2D eigenvalue weighted by Gasteiger charge is 2.27. The Labute approximate surface area is 205 Å². The Kier molecular flexibility index (Phi) is 6.40. The van der Waals surface area contributed by atoms with Crippen LogP contribution in [-0.4, -0.2) is 24.8 Å². The summed E-state index contributed by atoms with van der Waals surface area (Å²) in [5, 5.41) is 13.4. The van der Waals surface area contributed by atoms with Crippen LogP contribution in [0.15, 0.2) is 64.3 Å². The second-order valence-electron chi connectivity index (χ2n) is 8.49. The van der Waals surface area contributed by atoms with Gasteiger partial charge in [0, 0.05) is 11.7 Å². The van der Waals surface area contributed by atoms with Crippen molar-refractivity contribution in [2.45, 2.75) is 33.5 Å². The minimum atomic E-state index is -0.808. The van der Waals surface area contributed by atoms with Crippen LogP contribution in [0.4, 0.5) is 4.39 Å². The molecule has 0 aliphatic rings. The SMILES string of the molecule is Cc1c(-c2c(C(N)=O)cnn2-c2ccc(C#N)cc2)c(=O)n(C(C)C)c(=O)n1-c1cccc(CF)c1. The van der Waals surface area contributed by atoms with E-state index in [0.29, 0.717) is 22.5 Å². The highest BCUT2D eigenvalue weighted by Crippen LogP contribution is 2.28. The largest absolute Gasteiger partial charge is 0.365 e. The van der Waals surface area contributed by atoms with Gasteiger partial charge < -0.3 is 5.73 Å². The maximum Gasteiger partial charge on any atom is 0.336 e. The van der Waals surface area contributed by atoms with E-state index in [1.165, 1.54) is 21.5 Å². The standard InChI is InChI=1S/C26H23FN6O3/c1-15(2)31-25(35)22(16(3)32(26(31)36)20-6-4-5-18(11-20)12-27)23-21(24(29)34)14-30-33(23)19-9-7-17(13-28)8-10-19/h4-11,14-15H,12H2,1-3H3,(H2,29,34). The van der Waals surface area contributed by atoms with Crippen LogP contribution in [0.5, 0.6) is 0 Å². The minimum Gasteiger partial charge on any atom is -0.365 e. The van der Waals surface area contributed by atoms with Gasteiger partial charge in [-0.3, -0.25) is 18.7 Å². The van der Waals surface area contributed by atoms with Gasteiger partial charge in [-0.1, -0.05) is 12.1 Å². The molecule has 36 heavy (non-hydrogen) atoms. The molecule has 0 saturated heterocycles. The van der Waals surface area contributed by atoms with Gasteiger partial charge in [0.05, 0.1) is 46.0 Å². The number of rotatable bonds is 6. The van der Waals surface area contributed by atoms with E-state index in [2.05, 4.69) is 5.10 Å². The summed E-state index contributed by atoms with van der Waals surface area (Å²) in [6.45, 7) is 4.23. The van der Waals surface area contributed by atoms with Gasteiger partial charge in [-0.15, -0.1) is 0 Å². The molecule has 2 N–H and O–H groups in total. The molecular weight excluding hydrogens is 463 g/mol. The number of amides is 1. The Morgan fingerprint density at radius 3 is 2.42 bits per heavy atom. The summed E-state index contributed by atoms with van der Waals surface area (Å²) in [7, 11) is 0. The zero-order valence-corrected chi connectivity index (χ0v) is 19.9. The first kappa shape index (κ1) is 24.3. The maximum absolute atomic E-state index is 13.8. The molecule has 4 aromatic rings. The first-order chi connectivity index (χ1) is 17.2. The molecule has 2 heterocycles. The summed E-state index contributed by atoms with van der Waals surface area (Å²) in [4.78, 5) is 39.7. The Balaban J connectivity index is 2.15. The van der Waals surface area contributed by atoms with Crippen LogP contribution in [0.1, 0.15) is 47.1 Å². The third-order valence-electron chi connectivity index (χ3n) is 5.88. The van der Waals surface area contributed by atoms with Gasteiger partial charge in [0.25, 0.3) is 11.5 Å². The van der Waals surface area contributed by atoms with Gasteiger partial charge in [-0.25, -0.2) is 13.9 Å². The van der Waals surface area contributed by atoms with Crippen molar-refractivity contribution in [3.05, 3.63) is 98.0 Å². The van der Waals surface area contributed by atoms with Crippen molar-refractivity contribution in [2.24, 2.45) is 5.73 Å². The predicted octanol–water partition coefficient (Wildman–Crippen LogP) is 3.18. The Morgan fingerprint density at radius 2 is 1.83 bits per heavy atom. The van der Waals surface area contributed by atoms with E-state index in [-0.39, 0.29) is 22.5 Å². The number of nitriles is 1. The van der Waals surface area contributed by atoms with Crippen molar-refractivity contribution < 1.29 is 9.18 Å². The lowest BCUT2D eigenvalue weighted by Gasteiger charge is -2.20. The molecule has 0 aliphatic heterocycles. The molecule has 0 atom stereocenters. The topological polar surface area (TPSA) is 129 Å². The van der Waals surface area contributed by atoms with Crippen LogP contribution < -0.4 is 17.0 Å². The number of benzene rings is 2. The first-order valence-corrected chi connectivity index (χ1v) is 11.1.